The van der Waals surface area contributed by atoms with E-state index in [1.807, 2.05) is 0 Å². The van der Waals surface area contributed by atoms with E-state index >= 15 is 0 Å². The lowest BCUT2D eigenvalue weighted by atomic mass is 10.1. The molecule has 92 valence electrons. The van der Waals surface area contributed by atoms with Crippen LogP contribution >= 0.6 is 11.6 Å². The van der Waals surface area contributed by atoms with Gasteiger partial charge in [-0.25, -0.2) is 4.39 Å². The van der Waals surface area contributed by atoms with Gasteiger partial charge in [0.1, 0.15) is 5.82 Å². The van der Waals surface area contributed by atoms with E-state index in [-0.39, 0.29) is 22.5 Å². The zero-order chi connectivity index (χ0) is 12.4. The minimum absolute atomic E-state index is 0.0255. The Kier molecular flexibility index (Phi) is 3.64. The summed E-state index contributed by atoms with van der Waals surface area (Å²) in [7, 11) is 0. The van der Waals surface area contributed by atoms with Gasteiger partial charge in [0.15, 0.2) is 0 Å². The third-order valence-electron chi connectivity index (χ3n) is 3.07. The minimum atomic E-state index is -0.579. The Morgan fingerprint density at radius 3 is 3.00 bits per heavy atom. The van der Waals surface area contributed by atoms with Crippen LogP contribution in [0.1, 0.15) is 23.2 Å². The van der Waals surface area contributed by atoms with E-state index in [0.29, 0.717) is 13.1 Å². The molecule has 1 aromatic carbocycles. The van der Waals surface area contributed by atoms with E-state index in [2.05, 4.69) is 0 Å². The van der Waals surface area contributed by atoms with Gasteiger partial charge in [0.2, 0.25) is 0 Å². The van der Waals surface area contributed by atoms with E-state index in [1.54, 1.807) is 4.90 Å². The third kappa shape index (κ3) is 2.42. The van der Waals surface area contributed by atoms with Crippen molar-refractivity contribution in [1.82, 2.24) is 4.90 Å². The summed E-state index contributed by atoms with van der Waals surface area (Å²) >= 11 is 5.65. The molecule has 0 aliphatic carbocycles. The summed E-state index contributed by atoms with van der Waals surface area (Å²) in [5.74, 6) is -0.878. The third-order valence-corrected chi connectivity index (χ3v) is 3.31. The van der Waals surface area contributed by atoms with Crippen molar-refractivity contribution in [2.45, 2.75) is 18.9 Å². The van der Waals surface area contributed by atoms with Gasteiger partial charge in [-0.05, 0) is 31.0 Å². The zero-order valence-corrected chi connectivity index (χ0v) is 10.1. The fourth-order valence-electron chi connectivity index (χ4n) is 2.17. The summed E-state index contributed by atoms with van der Waals surface area (Å²) in [6.45, 7) is 1.06. The van der Waals surface area contributed by atoms with Crippen molar-refractivity contribution in [3.05, 3.63) is 34.6 Å². The van der Waals surface area contributed by atoms with Crippen molar-refractivity contribution < 1.29 is 9.18 Å². The highest BCUT2D eigenvalue weighted by Gasteiger charge is 2.29. The lowest BCUT2D eigenvalue weighted by Crippen LogP contribution is -2.40. The van der Waals surface area contributed by atoms with Crippen LogP contribution in [0.3, 0.4) is 0 Å². The highest BCUT2D eigenvalue weighted by molar-refractivity contribution is 6.30. The molecule has 17 heavy (non-hydrogen) atoms. The van der Waals surface area contributed by atoms with Crippen LogP contribution in [0.15, 0.2) is 18.2 Å². The lowest BCUT2D eigenvalue weighted by molar-refractivity contribution is 0.0736. The molecule has 0 spiro atoms. The van der Waals surface area contributed by atoms with Crippen molar-refractivity contribution >= 4 is 17.5 Å². The second kappa shape index (κ2) is 5.02. The van der Waals surface area contributed by atoms with Gasteiger partial charge in [-0.3, -0.25) is 4.79 Å². The fraction of sp³-hybridized carbons (Fsp3) is 0.417. The Hall–Kier alpha value is -1.13. The molecule has 1 unspecified atom stereocenters. The molecule has 2 rings (SSSR count). The molecule has 0 aromatic heterocycles. The van der Waals surface area contributed by atoms with Crippen molar-refractivity contribution in [3.8, 4) is 0 Å². The first kappa shape index (κ1) is 12.3. The molecular formula is C12H14ClFN2O. The minimum Gasteiger partial charge on any atom is -0.334 e. The van der Waals surface area contributed by atoms with Crippen LogP contribution in [0.2, 0.25) is 5.02 Å². The first-order chi connectivity index (χ1) is 8.13. The number of nitrogens with two attached hydrogens (primary N) is 1. The molecule has 0 radical (unpaired) electrons. The maximum atomic E-state index is 13.6. The van der Waals surface area contributed by atoms with Crippen LogP contribution in [-0.4, -0.2) is 29.9 Å². The van der Waals surface area contributed by atoms with Gasteiger partial charge in [-0.2, -0.15) is 0 Å². The smallest absolute Gasteiger partial charge is 0.257 e. The first-order valence-corrected chi connectivity index (χ1v) is 5.97. The Bertz CT molecular complexity index is 439. The van der Waals surface area contributed by atoms with Crippen LogP contribution in [0.25, 0.3) is 0 Å². The van der Waals surface area contributed by atoms with Gasteiger partial charge in [0.25, 0.3) is 5.91 Å². The number of carbonyl (C=O) groups excluding carboxylic acids is 1. The molecule has 1 atom stereocenters. The quantitative estimate of drug-likeness (QED) is 0.880. The van der Waals surface area contributed by atoms with E-state index in [0.717, 1.165) is 18.9 Å². The van der Waals surface area contributed by atoms with E-state index in [1.165, 1.54) is 12.1 Å². The van der Waals surface area contributed by atoms with E-state index in [9.17, 15) is 9.18 Å². The van der Waals surface area contributed by atoms with Gasteiger partial charge in [-0.15, -0.1) is 0 Å². The topological polar surface area (TPSA) is 46.3 Å². The number of hydrogen-bond donors (Lipinski definition) is 1. The highest BCUT2D eigenvalue weighted by atomic mass is 35.5. The number of likely N-dealkylation sites (tertiary alicyclic amines) is 1. The Morgan fingerprint density at radius 2 is 2.35 bits per heavy atom. The second-order valence-corrected chi connectivity index (χ2v) is 4.59. The van der Waals surface area contributed by atoms with Crippen LogP contribution in [0, 0.1) is 5.82 Å². The number of halogens is 2. The Balaban J connectivity index is 2.24. The summed E-state index contributed by atoms with van der Waals surface area (Å²) in [6, 6.07) is 4.12. The predicted octanol–water partition coefficient (Wildman–Crippen LogP) is 2.04. The summed E-state index contributed by atoms with van der Waals surface area (Å²) in [4.78, 5) is 13.8. The summed E-state index contributed by atoms with van der Waals surface area (Å²) < 4.78 is 13.6. The summed E-state index contributed by atoms with van der Waals surface area (Å²) in [5.41, 5.74) is 5.66. The van der Waals surface area contributed by atoms with Crippen LogP contribution in [0.4, 0.5) is 4.39 Å². The SMILES string of the molecule is NCC1CCCN1C(=O)c1ccc(Cl)cc1F. The Morgan fingerprint density at radius 1 is 1.59 bits per heavy atom. The molecule has 3 nitrogen and oxygen atoms in total. The average Bonchev–Trinajstić information content (AvgIpc) is 2.76. The molecule has 1 heterocycles. The van der Waals surface area contributed by atoms with Crippen LogP contribution < -0.4 is 5.73 Å². The molecule has 1 aromatic rings. The second-order valence-electron chi connectivity index (χ2n) is 4.15. The van der Waals surface area contributed by atoms with Crippen LogP contribution in [-0.2, 0) is 0 Å². The highest BCUT2D eigenvalue weighted by Crippen LogP contribution is 2.22. The maximum Gasteiger partial charge on any atom is 0.257 e. The number of nitrogens with zero attached hydrogens (tertiary/aromatic N) is 1. The standard InChI is InChI=1S/C12H14ClFN2O/c13-8-3-4-10(11(14)6-8)12(17)16-5-1-2-9(16)7-15/h3-4,6,9H,1-2,5,7,15H2. The predicted molar refractivity (Wildman–Crippen MR) is 64.5 cm³/mol. The van der Waals surface area contributed by atoms with Crippen molar-refractivity contribution in [2.75, 3.05) is 13.1 Å². The van der Waals surface area contributed by atoms with E-state index < -0.39 is 5.82 Å². The largest absolute Gasteiger partial charge is 0.334 e. The maximum absolute atomic E-state index is 13.6. The molecule has 1 saturated heterocycles. The van der Waals surface area contributed by atoms with Gasteiger partial charge in [0.05, 0.1) is 5.56 Å². The summed E-state index contributed by atoms with van der Waals surface area (Å²) in [6.07, 6.45) is 1.81. The van der Waals surface area contributed by atoms with E-state index in [4.69, 9.17) is 17.3 Å². The normalized spacial score (nSPS) is 19.7. The van der Waals surface area contributed by atoms with Crippen molar-refractivity contribution in [2.24, 2.45) is 5.73 Å². The number of rotatable bonds is 2. The number of hydrogen-bond acceptors (Lipinski definition) is 2. The van der Waals surface area contributed by atoms with Crippen molar-refractivity contribution in [3.63, 3.8) is 0 Å². The zero-order valence-electron chi connectivity index (χ0n) is 9.33. The molecule has 1 aliphatic rings. The molecular weight excluding hydrogens is 243 g/mol. The monoisotopic (exact) mass is 256 g/mol. The first-order valence-electron chi connectivity index (χ1n) is 5.59. The lowest BCUT2D eigenvalue weighted by Gasteiger charge is -2.23. The Labute approximate surface area is 104 Å². The number of benzene rings is 1. The van der Waals surface area contributed by atoms with Gasteiger partial charge < -0.3 is 10.6 Å². The van der Waals surface area contributed by atoms with Crippen LogP contribution in [0.5, 0.6) is 0 Å². The average molecular weight is 257 g/mol. The molecule has 2 N–H and O–H groups in total. The molecule has 1 aliphatic heterocycles. The molecule has 1 amide bonds. The molecule has 0 bridgehead atoms. The molecule has 1 fully saturated rings. The molecule has 0 saturated carbocycles. The number of carbonyl (C=O) groups is 1. The van der Waals surface area contributed by atoms with Gasteiger partial charge in [-0.1, -0.05) is 11.6 Å². The van der Waals surface area contributed by atoms with Crippen molar-refractivity contribution in [1.29, 1.82) is 0 Å². The fourth-order valence-corrected chi connectivity index (χ4v) is 2.32. The van der Waals surface area contributed by atoms with Gasteiger partial charge >= 0.3 is 0 Å². The summed E-state index contributed by atoms with van der Waals surface area (Å²) in [5, 5.41) is 0.288. The number of amides is 1. The molecule has 5 heteroatoms. The van der Waals surface area contributed by atoms with Gasteiger partial charge in [0, 0.05) is 24.2 Å².